The largest absolute Gasteiger partial charge is 0.481 e. The highest BCUT2D eigenvalue weighted by Gasteiger charge is 2.07. The molecular formula is C10H15NO3. The molecule has 1 heterocycles. The topological polar surface area (TPSA) is 63.3 Å². The number of aryl methyl sites for hydroxylation is 1. The number of nitrogens with zero attached hydrogens (tertiary/aromatic N) is 1. The molecule has 0 radical (unpaired) electrons. The van der Waals surface area contributed by atoms with Crippen LogP contribution in [0.25, 0.3) is 0 Å². The number of hydrogen-bond donors (Lipinski definition) is 1. The van der Waals surface area contributed by atoms with Crippen molar-refractivity contribution in [2.75, 3.05) is 0 Å². The fourth-order valence-corrected chi connectivity index (χ4v) is 1.22. The van der Waals surface area contributed by atoms with Crippen LogP contribution >= 0.6 is 0 Å². The fourth-order valence-electron chi connectivity index (χ4n) is 1.22. The maximum atomic E-state index is 10.3. The molecule has 14 heavy (non-hydrogen) atoms. The summed E-state index contributed by atoms with van der Waals surface area (Å²) in [6.45, 7) is 4.21. The highest BCUT2D eigenvalue weighted by Crippen LogP contribution is 2.10. The molecule has 0 aliphatic carbocycles. The van der Waals surface area contributed by atoms with Gasteiger partial charge in [-0.3, -0.25) is 4.79 Å². The van der Waals surface area contributed by atoms with E-state index in [1.165, 1.54) is 0 Å². The second-order valence-electron chi connectivity index (χ2n) is 3.78. The standard InChI is InChI=1S/C10H15NO3/c1-7(2)5-8-6-9(14-11-8)3-4-10(12)13/h6-7H,3-5H2,1-2H3,(H,12,13). The Balaban J connectivity index is 2.46. The molecule has 0 aliphatic heterocycles. The summed E-state index contributed by atoms with van der Waals surface area (Å²) in [5.41, 5.74) is 0.903. The van der Waals surface area contributed by atoms with Crippen molar-refractivity contribution in [1.82, 2.24) is 5.16 Å². The van der Waals surface area contributed by atoms with Crippen LogP contribution in [0.15, 0.2) is 10.6 Å². The molecule has 4 heteroatoms. The van der Waals surface area contributed by atoms with Crippen molar-refractivity contribution < 1.29 is 14.4 Å². The summed E-state index contributed by atoms with van der Waals surface area (Å²) in [6.07, 6.45) is 1.38. The third-order valence-electron chi connectivity index (χ3n) is 1.81. The van der Waals surface area contributed by atoms with Crippen LogP contribution in [-0.2, 0) is 17.6 Å². The zero-order valence-corrected chi connectivity index (χ0v) is 8.49. The van der Waals surface area contributed by atoms with E-state index in [1.807, 2.05) is 6.07 Å². The van der Waals surface area contributed by atoms with E-state index in [2.05, 4.69) is 19.0 Å². The van der Waals surface area contributed by atoms with Gasteiger partial charge in [-0.1, -0.05) is 19.0 Å². The summed E-state index contributed by atoms with van der Waals surface area (Å²) < 4.78 is 5.00. The van der Waals surface area contributed by atoms with Gasteiger partial charge in [-0.25, -0.2) is 0 Å². The van der Waals surface area contributed by atoms with Crippen molar-refractivity contribution in [3.05, 3.63) is 17.5 Å². The van der Waals surface area contributed by atoms with Crippen LogP contribution in [0.3, 0.4) is 0 Å². The van der Waals surface area contributed by atoms with Gasteiger partial charge in [0.15, 0.2) is 0 Å². The van der Waals surface area contributed by atoms with Crippen molar-refractivity contribution in [3.8, 4) is 0 Å². The SMILES string of the molecule is CC(C)Cc1cc(CCC(=O)O)on1. The van der Waals surface area contributed by atoms with Crippen molar-refractivity contribution >= 4 is 5.97 Å². The second-order valence-corrected chi connectivity index (χ2v) is 3.78. The number of carbonyl (C=O) groups is 1. The van der Waals surface area contributed by atoms with Gasteiger partial charge in [-0.15, -0.1) is 0 Å². The van der Waals surface area contributed by atoms with E-state index in [-0.39, 0.29) is 6.42 Å². The molecule has 0 saturated carbocycles. The van der Waals surface area contributed by atoms with Crippen LogP contribution in [0.4, 0.5) is 0 Å². The van der Waals surface area contributed by atoms with Gasteiger partial charge in [-0.05, 0) is 12.3 Å². The Bertz CT molecular complexity index is 304. The van der Waals surface area contributed by atoms with Gasteiger partial charge in [0, 0.05) is 12.5 Å². The first-order valence-corrected chi connectivity index (χ1v) is 4.74. The van der Waals surface area contributed by atoms with E-state index in [0.29, 0.717) is 18.1 Å². The molecular weight excluding hydrogens is 182 g/mol. The van der Waals surface area contributed by atoms with Gasteiger partial charge < -0.3 is 9.63 Å². The molecule has 0 spiro atoms. The Hall–Kier alpha value is -1.32. The van der Waals surface area contributed by atoms with Gasteiger partial charge in [0.1, 0.15) is 5.76 Å². The molecule has 78 valence electrons. The lowest BCUT2D eigenvalue weighted by Gasteiger charge is -1.96. The normalized spacial score (nSPS) is 10.8. The lowest BCUT2D eigenvalue weighted by atomic mass is 10.1. The number of aliphatic carboxylic acids is 1. The highest BCUT2D eigenvalue weighted by molar-refractivity contribution is 5.66. The fraction of sp³-hybridized carbons (Fsp3) is 0.600. The lowest BCUT2D eigenvalue weighted by molar-refractivity contribution is -0.137. The third kappa shape index (κ3) is 3.60. The minimum Gasteiger partial charge on any atom is -0.481 e. The maximum absolute atomic E-state index is 10.3. The zero-order chi connectivity index (χ0) is 10.6. The first-order valence-electron chi connectivity index (χ1n) is 4.74. The summed E-state index contributed by atoms with van der Waals surface area (Å²) in [4.78, 5) is 10.3. The van der Waals surface area contributed by atoms with Gasteiger partial charge in [0.2, 0.25) is 0 Å². The first-order chi connectivity index (χ1) is 6.58. The number of rotatable bonds is 5. The molecule has 1 aromatic heterocycles. The number of hydrogen-bond acceptors (Lipinski definition) is 3. The molecule has 0 bridgehead atoms. The van der Waals surface area contributed by atoms with Crippen LogP contribution in [0.2, 0.25) is 0 Å². The number of carboxylic acids is 1. The van der Waals surface area contributed by atoms with Gasteiger partial charge >= 0.3 is 5.97 Å². The quantitative estimate of drug-likeness (QED) is 0.782. The predicted molar refractivity (Wildman–Crippen MR) is 51.0 cm³/mol. The van der Waals surface area contributed by atoms with Gasteiger partial charge in [0.05, 0.1) is 12.1 Å². The summed E-state index contributed by atoms with van der Waals surface area (Å²) in [6, 6.07) is 1.84. The Morgan fingerprint density at radius 1 is 1.64 bits per heavy atom. The van der Waals surface area contributed by atoms with Crippen LogP contribution in [0, 0.1) is 5.92 Å². The summed E-state index contributed by atoms with van der Waals surface area (Å²) >= 11 is 0. The van der Waals surface area contributed by atoms with E-state index in [1.54, 1.807) is 0 Å². The minimum absolute atomic E-state index is 0.0936. The van der Waals surface area contributed by atoms with Crippen molar-refractivity contribution in [1.29, 1.82) is 0 Å². The molecule has 4 nitrogen and oxygen atoms in total. The molecule has 0 amide bonds. The van der Waals surface area contributed by atoms with Crippen LogP contribution in [-0.4, -0.2) is 16.2 Å². The van der Waals surface area contributed by atoms with E-state index in [4.69, 9.17) is 9.63 Å². The minimum atomic E-state index is -0.813. The molecule has 0 atom stereocenters. The predicted octanol–water partition coefficient (Wildman–Crippen LogP) is 1.89. The monoisotopic (exact) mass is 197 g/mol. The van der Waals surface area contributed by atoms with Crippen molar-refractivity contribution in [3.63, 3.8) is 0 Å². The molecule has 0 saturated heterocycles. The Morgan fingerprint density at radius 3 is 2.93 bits per heavy atom. The lowest BCUT2D eigenvalue weighted by Crippen LogP contribution is -1.96. The number of carboxylic acid groups (broad SMARTS) is 1. The van der Waals surface area contributed by atoms with Crippen molar-refractivity contribution in [2.45, 2.75) is 33.1 Å². The Morgan fingerprint density at radius 2 is 2.36 bits per heavy atom. The van der Waals surface area contributed by atoms with Crippen LogP contribution in [0.1, 0.15) is 31.7 Å². The average molecular weight is 197 g/mol. The van der Waals surface area contributed by atoms with Crippen molar-refractivity contribution in [2.24, 2.45) is 5.92 Å². The van der Waals surface area contributed by atoms with E-state index < -0.39 is 5.97 Å². The highest BCUT2D eigenvalue weighted by atomic mass is 16.5. The zero-order valence-electron chi connectivity index (χ0n) is 8.49. The van der Waals surface area contributed by atoms with E-state index >= 15 is 0 Å². The summed E-state index contributed by atoms with van der Waals surface area (Å²) in [7, 11) is 0. The maximum Gasteiger partial charge on any atom is 0.303 e. The summed E-state index contributed by atoms with van der Waals surface area (Å²) in [5, 5.41) is 12.3. The smallest absolute Gasteiger partial charge is 0.303 e. The van der Waals surface area contributed by atoms with Gasteiger partial charge in [0.25, 0.3) is 0 Å². The molecule has 0 aromatic carbocycles. The average Bonchev–Trinajstić information content (AvgIpc) is 2.47. The number of aromatic nitrogens is 1. The molecule has 0 unspecified atom stereocenters. The van der Waals surface area contributed by atoms with E-state index in [0.717, 1.165) is 12.1 Å². The molecule has 1 rings (SSSR count). The molecule has 1 aromatic rings. The second kappa shape index (κ2) is 4.79. The van der Waals surface area contributed by atoms with E-state index in [9.17, 15) is 4.79 Å². The molecule has 0 fully saturated rings. The first kappa shape index (κ1) is 10.8. The molecule has 1 N–H and O–H groups in total. The third-order valence-corrected chi connectivity index (χ3v) is 1.81. The summed E-state index contributed by atoms with van der Waals surface area (Å²) in [5.74, 6) is 0.377. The molecule has 0 aliphatic rings. The van der Waals surface area contributed by atoms with Gasteiger partial charge in [-0.2, -0.15) is 0 Å². The Kier molecular flexibility index (Phi) is 3.68. The Labute approximate surface area is 82.9 Å². The van der Waals surface area contributed by atoms with Crippen LogP contribution in [0.5, 0.6) is 0 Å². The van der Waals surface area contributed by atoms with Crippen LogP contribution < -0.4 is 0 Å².